The second kappa shape index (κ2) is 24.0. The van der Waals surface area contributed by atoms with Gasteiger partial charge < -0.3 is 29.0 Å². The Hall–Kier alpha value is -3.27. The van der Waals surface area contributed by atoms with Crippen LogP contribution < -0.4 is 11.1 Å². The van der Waals surface area contributed by atoms with E-state index in [1.54, 1.807) is 6.20 Å². The van der Waals surface area contributed by atoms with Crippen molar-refractivity contribution in [2.24, 2.45) is 5.73 Å². The monoisotopic (exact) mass is 658 g/mol. The van der Waals surface area contributed by atoms with Crippen LogP contribution in [0.15, 0.2) is 91.6 Å². The fourth-order valence-electron chi connectivity index (χ4n) is 5.41. The molecule has 0 radical (unpaired) electrons. The molecule has 4 rings (SSSR count). The van der Waals surface area contributed by atoms with Gasteiger partial charge in [-0.1, -0.05) is 104 Å². The van der Waals surface area contributed by atoms with Crippen molar-refractivity contribution in [1.82, 2.24) is 4.98 Å². The number of anilines is 1. The number of carbonyl (C=O) groups is 1. The third kappa shape index (κ3) is 14.0. The molecule has 3 aromatic carbocycles. The van der Waals surface area contributed by atoms with E-state index in [0.29, 0.717) is 12.8 Å². The van der Waals surface area contributed by atoms with Crippen molar-refractivity contribution in [1.29, 1.82) is 0 Å². The first-order chi connectivity index (χ1) is 21.6. The largest absolute Gasteiger partial charge is 2.00 e. The molecule has 0 fully saturated rings. The number of nitrogens with one attached hydrogen (secondary N) is 2. The zero-order valence-electron chi connectivity index (χ0n) is 28.0. The average molecular weight is 659 g/mol. The Labute approximate surface area is 289 Å². The van der Waals surface area contributed by atoms with Crippen LogP contribution in [0.4, 0.5) is 5.82 Å². The normalized spacial score (nSPS) is 10.9. The Morgan fingerprint density at radius 1 is 0.891 bits per heavy atom. The van der Waals surface area contributed by atoms with E-state index in [2.05, 4.69) is 77.5 Å². The minimum Gasteiger partial charge on any atom is -0.671 e. The molecule has 1 heterocycles. The second-order valence-corrected chi connectivity index (χ2v) is 11.5. The van der Waals surface area contributed by atoms with Gasteiger partial charge in [-0.25, -0.2) is 4.98 Å². The van der Waals surface area contributed by atoms with Crippen molar-refractivity contribution in [2.45, 2.75) is 83.6 Å². The van der Waals surface area contributed by atoms with Crippen molar-refractivity contribution in [3.8, 4) is 11.1 Å². The molecule has 0 aliphatic heterocycles. The zero-order chi connectivity index (χ0) is 31.4. The van der Waals surface area contributed by atoms with Crippen LogP contribution in [0.1, 0.15) is 86.9 Å². The van der Waals surface area contributed by atoms with Gasteiger partial charge in [-0.15, -0.1) is 12.6 Å². The van der Waals surface area contributed by atoms with E-state index in [4.69, 9.17) is 11.5 Å². The number of rotatable bonds is 18. The Balaban J connectivity index is 0.000000597. The van der Waals surface area contributed by atoms with Gasteiger partial charge in [-0.3, -0.25) is 0 Å². The number of unbranched alkanes of at least 4 members (excludes halogenated alkanes) is 7. The fourth-order valence-corrected chi connectivity index (χ4v) is 5.41. The summed E-state index contributed by atoms with van der Waals surface area (Å²) in [5, 5.41) is 5.84. The summed E-state index contributed by atoms with van der Waals surface area (Å²) in [6.07, 6.45) is 16.8. The van der Waals surface area contributed by atoms with Gasteiger partial charge >= 0.3 is 17.4 Å². The van der Waals surface area contributed by atoms with E-state index in [9.17, 15) is 4.79 Å². The number of aromatic nitrogens is 1. The maximum absolute atomic E-state index is 10.0. The van der Waals surface area contributed by atoms with Gasteiger partial charge in [0, 0.05) is 19.2 Å². The van der Waals surface area contributed by atoms with Gasteiger partial charge in [0.1, 0.15) is 12.1 Å². The summed E-state index contributed by atoms with van der Waals surface area (Å²) >= 11 is 0. The number of pyridine rings is 1. The van der Waals surface area contributed by atoms with Crippen LogP contribution >= 0.6 is 0 Å². The molecule has 1 aromatic heterocycles. The summed E-state index contributed by atoms with van der Waals surface area (Å²) in [5.74, 6) is 0.880. The van der Waals surface area contributed by atoms with Crippen LogP contribution in [0.25, 0.3) is 27.6 Å². The van der Waals surface area contributed by atoms with Crippen LogP contribution in [0, 0.1) is 14.4 Å². The third-order valence-corrected chi connectivity index (χ3v) is 7.91. The average Bonchev–Trinajstić information content (AvgIpc) is 3.05. The number of hydrogen-bond donors (Lipinski definition) is 2. The maximum Gasteiger partial charge on any atom is 2.00 e. The minimum atomic E-state index is -0.230. The van der Waals surface area contributed by atoms with Gasteiger partial charge in [0.05, 0.1) is 0 Å². The quantitative estimate of drug-likeness (QED) is 0.0482. The SMILES string of the molecule is C=CCC([NH-])c1ccc(-c2ccc(CCCCCCCCCN)c3ccccc23)cc1.Cc1ccnc(NCCCC=O)c1.[CH3-].[Cr+2]. The van der Waals surface area contributed by atoms with Crippen LogP contribution in [-0.4, -0.2) is 24.4 Å². The molecule has 4 N–H and O–H groups in total. The van der Waals surface area contributed by atoms with Crippen LogP contribution in [0.2, 0.25) is 0 Å². The van der Waals surface area contributed by atoms with E-state index >= 15 is 0 Å². The number of fused-ring (bicyclic) bond motifs is 1. The Morgan fingerprint density at radius 3 is 2.22 bits per heavy atom. The van der Waals surface area contributed by atoms with E-state index in [1.807, 2.05) is 25.1 Å². The molecule has 0 saturated carbocycles. The third-order valence-electron chi connectivity index (χ3n) is 7.91. The van der Waals surface area contributed by atoms with Crippen molar-refractivity contribution < 1.29 is 22.2 Å². The van der Waals surface area contributed by atoms with E-state index in [0.717, 1.165) is 43.6 Å². The van der Waals surface area contributed by atoms with Gasteiger partial charge in [0.15, 0.2) is 0 Å². The van der Waals surface area contributed by atoms with Crippen LogP contribution in [0.3, 0.4) is 0 Å². The fraction of sp³-hybridized carbons (Fsp3) is 0.375. The summed E-state index contributed by atoms with van der Waals surface area (Å²) in [5.41, 5.74) is 20.0. The zero-order valence-corrected chi connectivity index (χ0v) is 29.3. The number of aldehydes is 1. The number of nitrogens with zero attached hydrogens (tertiary/aromatic N) is 1. The van der Waals surface area contributed by atoms with Crippen LogP contribution in [0.5, 0.6) is 0 Å². The molecule has 0 saturated heterocycles. The summed E-state index contributed by atoms with van der Waals surface area (Å²) in [6.45, 7) is 7.41. The van der Waals surface area contributed by atoms with Crippen molar-refractivity contribution in [3.05, 3.63) is 121 Å². The van der Waals surface area contributed by atoms with E-state index in [-0.39, 0.29) is 30.8 Å². The summed E-state index contributed by atoms with van der Waals surface area (Å²) in [7, 11) is 0. The smallest absolute Gasteiger partial charge is 0.671 e. The number of aryl methyl sites for hydroxylation is 2. The molecular weight excluding hydrogens is 604 g/mol. The first-order valence-electron chi connectivity index (χ1n) is 16.3. The molecule has 4 aromatic rings. The summed E-state index contributed by atoms with van der Waals surface area (Å²) < 4.78 is 0. The summed E-state index contributed by atoms with van der Waals surface area (Å²) in [6, 6.07) is 25.6. The topological polar surface area (TPSA) is 91.8 Å². The molecule has 0 spiro atoms. The van der Waals surface area contributed by atoms with Gasteiger partial charge in [-0.2, -0.15) is 0 Å². The standard InChI is InChI=1S/C29H37N2.C10H14N2O.CH3.Cr/c1-2-12-29(31)25-18-16-24(17-19-25)27-21-20-23(26-14-9-10-15-28(26)27)13-8-6-4-3-5-7-11-22-30;1-9-4-6-12-10(8-9)11-5-2-3-7-13;;/h2,9-10,14-21,29,31H,1,3-8,11-13,22,30H2;4,6-8H,2-3,5H2,1H3,(H,11,12);1H3;/q-1;;-1;+2. The predicted octanol–water partition coefficient (Wildman–Crippen LogP) is 10.6. The van der Waals surface area contributed by atoms with Crippen molar-refractivity contribution in [2.75, 3.05) is 18.4 Å². The predicted molar refractivity (Wildman–Crippen MR) is 196 cm³/mol. The molecule has 0 aliphatic carbocycles. The molecule has 0 bridgehead atoms. The Morgan fingerprint density at radius 2 is 1.57 bits per heavy atom. The number of carbonyl (C=O) groups excluding carboxylic acids is 1. The van der Waals surface area contributed by atoms with Crippen molar-refractivity contribution >= 4 is 22.9 Å². The molecule has 46 heavy (non-hydrogen) atoms. The number of nitrogens with two attached hydrogens (primary N) is 1. The summed E-state index contributed by atoms with van der Waals surface area (Å²) in [4.78, 5) is 14.2. The van der Waals surface area contributed by atoms with Gasteiger partial charge in [-0.05, 0) is 90.7 Å². The second-order valence-electron chi connectivity index (χ2n) is 11.5. The number of benzene rings is 3. The van der Waals surface area contributed by atoms with Crippen molar-refractivity contribution in [3.63, 3.8) is 0 Å². The van der Waals surface area contributed by atoms with Crippen LogP contribution in [-0.2, 0) is 28.6 Å². The molecule has 1 atom stereocenters. The molecule has 0 amide bonds. The first kappa shape index (κ1) is 40.8. The minimum absolute atomic E-state index is 0. The Bertz CT molecular complexity index is 1410. The molecule has 246 valence electrons. The number of hydrogen-bond acceptors (Lipinski definition) is 4. The van der Waals surface area contributed by atoms with E-state index < -0.39 is 0 Å². The maximum atomic E-state index is 10.0. The first-order valence-corrected chi connectivity index (χ1v) is 16.3. The molecular formula is C40H54CrN4O. The van der Waals surface area contributed by atoms with Gasteiger partial charge in [0.25, 0.3) is 0 Å². The molecule has 5 nitrogen and oxygen atoms in total. The Kier molecular flexibility index (Phi) is 21.2. The van der Waals surface area contributed by atoms with E-state index in [1.165, 1.54) is 78.0 Å². The van der Waals surface area contributed by atoms with Gasteiger partial charge in [0.2, 0.25) is 0 Å². The molecule has 1 unspecified atom stereocenters. The molecule has 0 aliphatic rings. The molecule has 6 heteroatoms.